The second-order valence-corrected chi connectivity index (χ2v) is 12.3. The molecule has 5 heterocycles. The SMILES string of the molecule is C=CC(=O)N1CCN(c2nc(OC[C@@H]3CCCN3C)cc3c2CCN(c2cccc4c2CN(C)CC4)C3)C[C@@H]1CC#N. The van der Waals surface area contributed by atoms with E-state index in [9.17, 15) is 10.1 Å². The van der Waals surface area contributed by atoms with E-state index in [2.05, 4.69) is 70.6 Å². The van der Waals surface area contributed by atoms with Crippen molar-refractivity contribution in [1.29, 1.82) is 5.26 Å². The fourth-order valence-electron chi connectivity index (χ4n) is 7.17. The first-order valence-electron chi connectivity index (χ1n) is 15.4. The van der Waals surface area contributed by atoms with E-state index in [1.54, 1.807) is 4.90 Å². The first-order valence-corrected chi connectivity index (χ1v) is 15.4. The Morgan fingerprint density at radius 1 is 1.07 bits per heavy atom. The highest BCUT2D eigenvalue weighted by molar-refractivity contribution is 5.87. The van der Waals surface area contributed by atoms with E-state index in [0.717, 1.165) is 57.8 Å². The van der Waals surface area contributed by atoms with Crippen molar-refractivity contribution in [3.8, 4) is 11.9 Å². The summed E-state index contributed by atoms with van der Waals surface area (Å²) < 4.78 is 6.42. The van der Waals surface area contributed by atoms with Crippen LogP contribution in [0.2, 0.25) is 0 Å². The Balaban J connectivity index is 1.31. The number of nitriles is 1. The predicted octanol–water partition coefficient (Wildman–Crippen LogP) is 3.22. The molecule has 2 atom stereocenters. The number of anilines is 2. The Bertz CT molecular complexity index is 1370. The molecule has 0 saturated carbocycles. The molecule has 2 saturated heterocycles. The number of piperazine rings is 1. The minimum atomic E-state index is -0.198. The number of likely N-dealkylation sites (tertiary alicyclic amines) is 1. The minimum absolute atomic E-state index is 0.116. The normalized spacial score (nSPS) is 22.8. The number of carbonyl (C=O) groups is 1. The zero-order valence-corrected chi connectivity index (χ0v) is 25.1. The Kier molecular flexibility index (Phi) is 8.36. The van der Waals surface area contributed by atoms with Crippen molar-refractivity contribution >= 4 is 17.4 Å². The topological polar surface area (TPSA) is 79.2 Å². The molecule has 9 nitrogen and oxygen atoms in total. The number of hydrogen-bond acceptors (Lipinski definition) is 8. The van der Waals surface area contributed by atoms with E-state index >= 15 is 0 Å². The number of fused-ring (bicyclic) bond motifs is 2. The van der Waals surface area contributed by atoms with E-state index in [1.165, 1.54) is 40.4 Å². The first kappa shape index (κ1) is 28.5. The number of likely N-dealkylation sites (N-methyl/N-ethyl adjacent to an activating group) is 2. The average Bonchev–Trinajstić information content (AvgIpc) is 3.43. The lowest BCUT2D eigenvalue weighted by Gasteiger charge is -2.42. The van der Waals surface area contributed by atoms with Gasteiger partial charge in [0.2, 0.25) is 11.8 Å². The third kappa shape index (κ3) is 5.70. The van der Waals surface area contributed by atoms with E-state index < -0.39 is 0 Å². The zero-order valence-electron chi connectivity index (χ0n) is 25.1. The molecule has 9 heteroatoms. The van der Waals surface area contributed by atoms with Crippen LogP contribution in [0.1, 0.15) is 41.5 Å². The van der Waals surface area contributed by atoms with Gasteiger partial charge < -0.3 is 29.2 Å². The molecule has 4 aliphatic heterocycles. The van der Waals surface area contributed by atoms with Crippen LogP contribution in [0, 0.1) is 11.3 Å². The molecule has 1 aromatic heterocycles. The molecule has 0 aliphatic carbocycles. The van der Waals surface area contributed by atoms with Crippen LogP contribution < -0.4 is 14.5 Å². The van der Waals surface area contributed by atoms with Crippen molar-refractivity contribution in [2.24, 2.45) is 0 Å². The molecular formula is C33H43N7O2. The predicted molar refractivity (Wildman–Crippen MR) is 165 cm³/mol. The number of aromatic nitrogens is 1. The Morgan fingerprint density at radius 2 is 1.95 bits per heavy atom. The van der Waals surface area contributed by atoms with Crippen molar-refractivity contribution in [2.75, 3.05) is 69.8 Å². The summed E-state index contributed by atoms with van der Waals surface area (Å²) in [6, 6.07) is 11.4. The highest BCUT2D eigenvalue weighted by Crippen LogP contribution is 2.37. The van der Waals surface area contributed by atoms with Crippen LogP contribution in [-0.2, 0) is 30.7 Å². The second-order valence-electron chi connectivity index (χ2n) is 12.3. The first-order chi connectivity index (χ1) is 20.4. The molecule has 1 aromatic carbocycles. The van der Waals surface area contributed by atoms with Crippen LogP contribution >= 0.6 is 0 Å². The van der Waals surface area contributed by atoms with Gasteiger partial charge in [0.1, 0.15) is 12.4 Å². The molecule has 222 valence electrons. The number of hydrogen-bond donors (Lipinski definition) is 0. The van der Waals surface area contributed by atoms with Gasteiger partial charge in [0, 0.05) is 69.2 Å². The van der Waals surface area contributed by atoms with Crippen molar-refractivity contribution in [2.45, 2.75) is 57.3 Å². The summed E-state index contributed by atoms with van der Waals surface area (Å²) >= 11 is 0. The lowest BCUT2D eigenvalue weighted by atomic mass is 9.94. The number of rotatable bonds is 7. The third-order valence-corrected chi connectivity index (χ3v) is 9.61. The van der Waals surface area contributed by atoms with Crippen LogP contribution in [0.15, 0.2) is 36.9 Å². The van der Waals surface area contributed by atoms with Crippen LogP contribution in [0.25, 0.3) is 0 Å². The minimum Gasteiger partial charge on any atom is -0.476 e. The highest BCUT2D eigenvalue weighted by Gasteiger charge is 2.33. The van der Waals surface area contributed by atoms with Crippen molar-refractivity contribution in [3.63, 3.8) is 0 Å². The summed E-state index contributed by atoms with van der Waals surface area (Å²) in [5.74, 6) is 1.50. The van der Waals surface area contributed by atoms with Crippen LogP contribution in [0.4, 0.5) is 11.5 Å². The van der Waals surface area contributed by atoms with Crippen LogP contribution in [0.5, 0.6) is 5.88 Å². The van der Waals surface area contributed by atoms with E-state index in [4.69, 9.17) is 9.72 Å². The van der Waals surface area contributed by atoms with Gasteiger partial charge in [0.05, 0.1) is 18.5 Å². The van der Waals surface area contributed by atoms with Gasteiger partial charge in [-0.3, -0.25) is 4.79 Å². The van der Waals surface area contributed by atoms with Gasteiger partial charge in [0.15, 0.2) is 0 Å². The van der Waals surface area contributed by atoms with Gasteiger partial charge in [0.25, 0.3) is 0 Å². The number of nitrogens with zero attached hydrogens (tertiary/aromatic N) is 7. The number of benzene rings is 1. The molecule has 2 fully saturated rings. The highest BCUT2D eigenvalue weighted by atomic mass is 16.5. The maximum absolute atomic E-state index is 12.5. The summed E-state index contributed by atoms with van der Waals surface area (Å²) in [6.07, 6.45) is 5.96. The van der Waals surface area contributed by atoms with Crippen molar-refractivity contribution in [1.82, 2.24) is 19.7 Å². The van der Waals surface area contributed by atoms with E-state index in [1.807, 2.05) is 0 Å². The Hall–Kier alpha value is -3.61. The summed E-state index contributed by atoms with van der Waals surface area (Å²) in [5.41, 5.74) is 6.77. The molecule has 0 radical (unpaired) electrons. The summed E-state index contributed by atoms with van der Waals surface area (Å²) in [5, 5.41) is 9.54. The summed E-state index contributed by atoms with van der Waals surface area (Å²) in [6.45, 7) is 11.0. The molecule has 6 rings (SSSR count). The molecular weight excluding hydrogens is 526 g/mol. The molecule has 0 unspecified atom stereocenters. The lowest BCUT2D eigenvalue weighted by Crippen LogP contribution is -2.55. The monoisotopic (exact) mass is 569 g/mol. The standard InChI is InChI=1S/C33H43N7O2/c1-4-32(41)40-18-17-39(21-26(40)10-13-34)33-28-12-16-38(30-9-5-7-24-11-15-36(2)22-29(24)30)20-25(28)19-31(35-33)42-23-27-8-6-14-37(27)3/h4-5,7,9,19,26-27H,1,6,8,10-12,14-18,20-23H2,2-3H3/t26-,27-/m0/s1. The maximum Gasteiger partial charge on any atom is 0.246 e. The molecule has 4 aliphatic rings. The molecule has 0 N–H and O–H groups in total. The average molecular weight is 570 g/mol. The number of carbonyl (C=O) groups excluding carboxylic acids is 1. The summed E-state index contributed by atoms with van der Waals surface area (Å²) in [7, 11) is 4.37. The molecule has 42 heavy (non-hydrogen) atoms. The largest absolute Gasteiger partial charge is 0.476 e. The van der Waals surface area contributed by atoms with Crippen molar-refractivity contribution in [3.05, 3.63) is 59.2 Å². The number of ether oxygens (including phenoxy) is 1. The molecule has 2 aromatic rings. The smallest absolute Gasteiger partial charge is 0.246 e. The zero-order chi connectivity index (χ0) is 29.2. The fourth-order valence-corrected chi connectivity index (χ4v) is 7.17. The van der Waals surface area contributed by atoms with Gasteiger partial charge in [-0.15, -0.1) is 0 Å². The van der Waals surface area contributed by atoms with Crippen LogP contribution in [-0.4, -0.2) is 97.6 Å². The van der Waals surface area contributed by atoms with Crippen molar-refractivity contribution < 1.29 is 9.53 Å². The quantitative estimate of drug-likeness (QED) is 0.471. The Morgan fingerprint density at radius 3 is 2.74 bits per heavy atom. The molecule has 0 spiro atoms. The third-order valence-electron chi connectivity index (χ3n) is 9.61. The van der Waals surface area contributed by atoms with Gasteiger partial charge in [-0.1, -0.05) is 18.7 Å². The van der Waals surface area contributed by atoms with Gasteiger partial charge in [-0.25, -0.2) is 0 Å². The number of pyridine rings is 1. The van der Waals surface area contributed by atoms with Crippen LogP contribution in [0.3, 0.4) is 0 Å². The second kappa shape index (κ2) is 12.3. The summed E-state index contributed by atoms with van der Waals surface area (Å²) in [4.78, 5) is 29.0. The van der Waals surface area contributed by atoms with Gasteiger partial charge in [-0.05, 0) is 75.2 Å². The van der Waals surface area contributed by atoms with Gasteiger partial charge in [-0.2, -0.15) is 10.2 Å². The Labute approximate surface area is 249 Å². The van der Waals surface area contributed by atoms with E-state index in [-0.39, 0.29) is 18.4 Å². The fraction of sp³-hybridized carbons (Fsp3) is 0.545. The maximum atomic E-state index is 12.5. The lowest BCUT2D eigenvalue weighted by molar-refractivity contribution is -0.128. The number of amides is 1. The van der Waals surface area contributed by atoms with E-state index in [0.29, 0.717) is 38.2 Å². The van der Waals surface area contributed by atoms with Gasteiger partial charge >= 0.3 is 0 Å². The molecule has 1 amide bonds. The molecule has 0 bridgehead atoms.